The number of hydrogen-bond donors (Lipinski definition) is 1. The van der Waals surface area contributed by atoms with Crippen LogP contribution in [-0.2, 0) is 6.42 Å². The maximum Gasteiger partial charge on any atom is 0.207 e. The molecule has 0 saturated carbocycles. The molecule has 4 nitrogen and oxygen atoms in total. The fourth-order valence-corrected chi connectivity index (χ4v) is 1.41. The molecule has 0 unspecified atom stereocenters. The first-order valence-electron chi connectivity index (χ1n) is 4.60. The van der Waals surface area contributed by atoms with Crippen LogP contribution in [0.2, 0.25) is 0 Å². The summed E-state index contributed by atoms with van der Waals surface area (Å²) in [6, 6.07) is 3.64. The molecule has 0 spiro atoms. The first-order valence-corrected chi connectivity index (χ1v) is 4.60. The van der Waals surface area contributed by atoms with Gasteiger partial charge in [0.05, 0.1) is 6.26 Å². The van der Waals surface area contributed by atoms with Crippen LogP contribution in [0.25, 0.3) is 11.5 Å². The molecule has 0 aromatic carbocycles. The molecule has 2 rings (SSSR count). The highest BCUT2D eigenvalue weighted by Gasteiger charge is 2.16. The standard InChI is InChI=1S/C10H12N2O2/c1-2-4-7-9(14-12-10(7)11)8-5-3-6-13-8/h3,5-6H,2,4H2,1H3,(H2,11,12). The summed E-state index contributed by atoms with van der Waals surface area (Å²) in [5.41, 5.74) is 6.62. The molecule has 0 aliphatic carbocycles. The second kappa shape index (κ2) is 3.57. The number of nitrogens with two attached hydrogens (primary N) is 1. The zero-order valence-electron chi connectivity index (χ0n) is 7.99. The molecule has 4 heteroatoms. The average molecular weight is 192 g/mol. The molecule has 2 heterocycles. The highest BCUT2D eigenvalue weighted by Crippen LogP contribution is 2.28. The molecule has 0 amide bonds. The van der Waals surface area contributed by atoms with Crippen LogP contribution >= 0.6 is 0 Å². The van der Waals surface area contributed by atoms with E-state index in [1.807, 2.05) is 12.1 Å². The highest BCUT2D eigenvalue weighted by atomic mass is 16.5. The predicted octanol–water partition coefficient (Wildman–Crippen LogP) is 2.47. The summed E-state index contributed by atoms with van der Waals surface area (Å²) in [6.45, 7) is 2.08. The van der Waals surface area contributed by atoms with Gasteiger partial charge in [0.15, 0.2) is 11.6 Å². The maximum absolute atomic E-state index is 5.69. The molecule has 0 fully saturated rings. The van der Waals surface area contributed by atoms with Gasteiger partial charge >= 0.3 is 0 Å². The first-order chi connectivity index (χ1) is 6.83. The van der Waals surface area contributed by atoms with Crippen molar-refractivity contribution >= 4 is 5.82 Å². The van der Waals surface area contributed by atoms with Gasteiger partial charge in [0.2, 0.25) is 5.76 Å². The van der Waals surface area contributed by atoms with Gasteiger partial charge in [0, 0.05) is 5.56 Å². The summed E-state index contributed by atoms with van der Waals surface area (Å²) < 4.78 is 10.4. The highest BCUT2D eigenvalue weighted by molar-refractivity contribution is 5.61. The minimum atomic E-state index is 0.457. The Morgan fingerprint density at radius 2 is 2.36 bits per heavy atom. The van der Waals surface area contributed by atoms with Gasteiger partial charge < -0.3 is 14.7 Å². The van der Waals surface area contributed by atoms with E-state index in [1.165, 1.54) is 0 Å². The third kappa shape index (κ3) is 1.39. The van der Waals surface area contributed by atoms with E-state index in [4.69, 9.17) is 14.7 Å². The van der Waals surface area contributed by atoms with Crippen molar-refractivity contribution in [2.75, 3.05) is 5.73 Å². The number of nitrogens with zero attached hydrogens (tertiary/aromatic N) is 1. The zero-order chi connectivity index (χ0) is 9.97. The van der Waals surface area contributed by atoms with Gasteiger partial charge in [-0.3, -0.25) is 0 Å². The molecule has 0 saturated heterocycles. The lowest BCUT2D eigenvalue weighted by Gasteiger charge is -1.96. The number of aromatic nitrogens is 1. The van der Waals surface area contributed by atoms with Crippen LogP contribution in [-0.4, -0.2) is 5.16 Å². The predicted molar refractivity (Wildman–Crippen MR) is 52.6 cm³/mol. The maximum atomic E-state index is 5.69. The minimum Gasteiger partial charge on any atom is -0.461 e. The van der Waals surface area contributed by atoms with Crippen molar-refractivity contribution in [3.63, 3.8) is 0 Å². The number of nitrogen functional groups attached to an aromatic ring is 1. The molecule has 14 heavy (non-hydrogen) atoms. The van der Waals surface area contributed by atoms with Crippen LogP contribution in [0.1, 0.15) is 18.9 Å². The van der Waals surface area contributed by atoms with Gasteiger partial charge in [-0.25, -0.2) is 0 Å². The molecule has 2 aromatic rings. The molecule has 0 atom stereocenters. The molecule has 0 radical (unpaired) electrons. The van der Waals surface area contributed by atoms with Crippen molar-refractivity contribution in [2.24, 2.45) is 0 Å². The van der Waals surface area contributed by atoms with Crippen molar-refractivity contribution < 1.29 is 8.94 Å². The van der Waals surface area contributed by atoms with E-state index < -0.39 is 0 Å². The Bertz CT molecular complexity index is 404. The summed E-state index contributed by atoms with van der Waals surface area (Å²) in [6.07, 6.45) is 3.45. The van der Waals surface area contributed by atoms with Crippen molar-refractivity contribution in [3.05, 3.63) is 24.0 Å². The monoisotopic (exact) mass is 192 g/mol. The lowest BCUT2D eigenvalue weighted by molar-refractivity contribution is 0.420. The SMILES string of the molecule is CCCc1c(N)noc1-c1ccco1. The van der Waals surface area contributed by atoms with Gasteiger partial charge in [-0.05, 0) is 18.6 Å². The molecular formula is C10H12N2O2. The lowest BCUT2D eigenvalue weighted by Crippen LogP contribution is -1.92. The Morgan fingerprint density at radius 1 is 1.50 bits per heavy atom. The van der Waals surface area contributed by atoms with Crippen LogP contribution in [0.4, 0.5) is 5.82 Å². The fraction of sp³-hybridized carbons (Fsp3) is 0.300. The van der Waals surface area contributed by atoms with Gasteiger partial charge in [-0.2, -0.15) is 0 Å². The Kier molecular flexibility index (Phi) is 2.26. The summed E-state index contributed by atoms with van der Waals surface area (Å²) in [7, 11) is 0. The average Bonchev–Trinajstić information content (AvgIpc) is 2.77. The third-order valence-corrected chi connectivity index (χ3v) is 2.06. The van der Waals surface area contributed by atoms with Crippen LogP contribution < -0.4 is 5.73 Å². The van der Waals surface area contributed by atoms with E-state index >= 15 is 0 Å². The number of hydrogen-bond acceptors (Lipinski definition) is 4. The van der Waals surface area contributed by atoms with Crippen LogP contribution in [0.15, 0.2) is 27.3 Å². The Morgan fingerprint density at radius 3 is 3.00 bits per heavy atom. The van der Waals surface area contributed by atoms with E-state index in [0.717, 1.165) is 18.4 Å². The Balaban J connectivity index is 2.43. The molecule has 0 bridgehead atoms. The normalized spacial score (nSPS) is 10.6. The van der Waals surface area contributed by atoms with E-state index in [1.54, 1.807) is 6.26 Å². The van der Waals surface area contributed by atoms with E-state index in [9.17, 15) is 0 Å². The molecule has 2 N–H and O–H groups in total. The quantitative estimate of drug-likeness (QED) is 0.811. The molecule has 2 aromatic heterocycles. The third-order valence-electron chi connectivity index (χ3n) is 2.06. The van der Waals surface area contributed by atoms with Gasteiger partial charge in [0.1, 0.15) is 0 Å². The number of furan rings is 1. The Hall–Kier alpha value is -1.71. The van der Waals surface area contributed by atoms with Gasteiger partial charge in [0.25, 0.3) is 0 Å². The van der Waals surface area contributed by atoms with Crippen molar-refractivity contribution in [3.8, 4) is 11.5 Å². The second-order valence-corrected chi connectivity index (χ2v) is 3.10. The summed E-state index contributed by atoms with van der Waals surface area (Å²) in [5.74, 6) is 1.78. The molecular weight excluding hydrogens is 180 g/mol. The first kappa shape index (κ1) is 8.87. The summed E-state index contributed by atoms with van der Waals surface area (Å²) in [4.78, 5) is 0. The molecule has 74 valence electrons. The summed E-state index contributed by atoms with van der Waals surface area (Å²) >= 11 is 0. The topological polar surface area (TPSA) is 65.2 Å². The van der Waals surface area contributed by atoms with E-state index in [0.29, 0.717) is 17.3 Å². The molecule has 0 aliphatic heterocycles. The summed E-state index contributed by atoms with van der Waals surface area (Å²) in [5, 5.41) is 3.73. The van der Waals surface area contributed by atoms with E-state index in [2.05, 4.69) is 12.1 Å². The van der Waals surface area contributed by atoms with Crippen molar-refractivity contribution in [1.82, 2.24) is 5.16 Å². The Labute approximate surface area is 81.7 Å². The zero-order valence-corrected chi connectivity index (χ0v) is 7.99. The lowest BCUT2D eigenvalue weighted by atomic mass is 10.1. The van der Waals surface area contributed by atoms with Crippen molar-refractivity contribution in [2.45, 2.75) is 19.8 Å². The van der Waals surface area contributed by atoms with Crippen molar-refractivity contribution in [1.29, 1.82) is 0 Å². The largest absolute Gasteiger partial charge is 0.461 e. The van der Waals surface area contributed by atoms with Crippen LogP contribution in [0.3, 0.4) is 0 Å². The van der Waals surface area contributed by atoms with Crippen LogP contribution in [0, 0.1) is 0 Å². The smallest absolute Gasteiger partial charge is 0.207 e. The van der Waals surface area contributed by atoms with E-state index in [-0.39, 0.29) is 0 Å². The minimum absolute atomic E-state index is 0.457. The number of rotatable bonds is 3. The number of anilines is 1. The van der Waals surface area contributed by atoms with Gasteiger partial charge in [-0.15, -0.1) is 0 Å². The van der Waals surface area contributed by atoms with Crippen LogP contribution in [0.5, 0.6) is 0 Å². The second-order valence-electron chi connectivity index (χ2n) is 3.10. The molecule has 0 aliphatic rings. The van der Waals surface area contributed by atoms with Gasteiger partial charge in [-0.1, -0.05) is 18.5 Å². The fourth-order valence-electron chi connectivity index (χ4n) is 1.41.